The number of benzene rings is 1. The van der Waals surface area contributed by atoms with E-state index in [1.165, 1.54) is 29.5 Å². The first-order chi connectivity index (χ1) is 11.1. The Bertz CT molecular complexity index is 688. The lowest BCUT2D eigenvalue weighted by molar-refractivity contribution is -0.118. The Morgan fingerprint density at radius 2 is 1.61 bits per heavy atom. The fourth-order valence-electron chi connectivity index (χ4n) is 5.59. The van der Waals surface area contributed by atoms with Gasteiger partial charge in [-0.1, -0.05) is 31.5 Å². The number of carbonyl (C=O) groups is 1. The maximum atomic E-state index is 13.2. The quantitative estimate of drug-likeness (QED) is 0.883. The lowest BCUT2D eigenvalue weighted by atomic mass is 9.80. The molecule has 1 aromatic carbocycles. The van der Waals surface area contributed by atoms with E-state index < -0.39 is 0 Å². The Hall–Kier alpha value is -1.57. The predicted molar refractivity (Wildman–Crippen MR) is 92.3 cm³/mol. The van der Waals surface area contributed by atoms with Crippen LogP contribution >= 0.6 is 0 Å². The van der Waals surface area contributed by atoms with Crippen LogP contribution in [0.25, 0.3) is 5.57 Å². The topological polar surface area (TPSA) is 37.3 Å². The zero-order chi connectivity index (χ0) is 16.3. The molecule has 0 aliphatic heterocycles. The smallest absolute Gasteiger partial charge is 0.170 e. The molecule has 23 heavy (non-hydrogen) atoms. The third kappa shape index (κ3) is 1.96. The minimum atomic E-state index is 0.0689. The number of rotatable bonds is 3. The number of Topliss-reactive ketones (excluding diaryl/α,β-unsaturated/α-hetero) is 1. The molecule has 0 aromatic heterocycles. The summed E-state index contributed by atoms with van der Waals surface area (Å²) in [4.78, 5) is 13.2. The molecule has 3 aliphatic rings. The van der Waals surface area contributed by atoms with Gasteiger partial charge >= 0.3 is 0 Å². The van der Waals surface area contributed by atoms with Crippen LogP contribution in [0.5, 0.6) is 0 Å². The van der Waals surface area contributed by atoms with Gasteiger partial charge in [-0.15, -0.1) is 0 Å². The monoisotopic (exact) mass is 310 g/mol. The largest absolute Gasteiger partial charge is 0.511 e. The average molecular weight is 310 g/mol. The lowest BCUT2D eigenvalue weighted by Gasteiger charge is -2.23. The normalized spacial score (nSPS) is 32.0. The second-order valence-electron chi connectivity index (χ2n) is 7.67. The predicted octanol–water partition coefficient (Wildman–Crippen LogP) is 4.63. The molecule has 0 radical (unpaired) electrons. The van der Waals surface area contributed by atoms with E-state index in [0.29, 0.717) is 23.2 Å². The van der Waals surface area contributed by atoms with Crippen LogP contribution in [0.1, 0.15) is 55.4 Å². The highest BCUT2D eigenvalue weighted by Crippen LogP contribution is 2.60. The van der Waals surface area contributed by atoms with E-state index in [0.717, 1.165) is 24.8 Å². The van der Waals surface area contributed by atoms with Crippen LogP contribution in [0.2, 0.25) is 0 Å². The molecule has 2 saturated carbocycles. The van der Waals surface area contributed by atoms with Crippen LogP contribution < -0.4 is 0 Å². The highest BCUT2D eigenvalue weighted by Gasteiger charge is 2.57. The van der Waals surface area contributed by atoms with Crippen molar-refractivity contribution in [2.45, 2.75) is 52.9 Å². The average Bonchev–Trinajstić information content (AvgIpc) is 3.21. The molecular formula is C21H26O2. The number of ketones is 1. The number of allylic oxidation sites excluding steroid dienone is 2. The van der Waals surface area contributed by atoms with Gasteiger partial charge in [0.2, 0.25) is 0 Å². The van der Waals surface area contributed by atoms with Gasteiger partial charge < -0.3 is 5.11 Å². The summed E-state index contributed by atoms with van der Waals surface area (Å²) in [6, 6.07) is 4.37. The van der Waals surface area contributed by atoms with E-state index in [4.69, 9.17) is 0 Å². The van der Waals surface area contributed by atoms with E-state index in [2.05, 4.69) is 32.9 Å². The van der Waals surface area contributed by atoms with Gasteiger partial charge in [-0.3, -0.25) is 4.79 Å². The summed E-state index contributed by atoms with van der Waals surface area (Å²) in [5, 5.41) is 11.0. The summed E-state index contributed by atoms with van der Waals surface area (Å²) < 4.78 is 0. The minimum absolute atomic E-state index is 0.0689. The molecule has 1 aromatic rings. The van der Waals surface area contributed by atoms with Gasteiger partial charge in [0, 0.05) is 11.8 Å². The van der Waals surface area contributed by atoms with Crippen molar-refractivity contribution in [3.05, 3.63) is 40.1 Å². The maximum absolute atomic E-state index is 13.2. The third-order valence-corrected chi connectivity index (χ3v) is 6.50. The van der Waals surface area contributed by atoms with Crippen LogP contribution in [0, 0.1) is 30.6 Å². The number of hydrogen-bond acceptors (Lipinski definition) is 2. The summed E-state index contributed by atoms with van der Waals surface area (Å²) >= 11 is 0. The Morgan fingerprint density at radius 3 is 2.13 bits per heavy atom. The molecule has 2 fully saturated rings. The van der Waals surface area contributed by atoms with Gasteiger partial charge in [-0.05, 0) is 67.6 Å². The summed E-state index contributed by atoms with van der Waals surface area (Å²) in [6.45, 7) is 6.39. The molecule has 0 unspecified atom stereocenters. The minimum Gasteiger partial charge on any atom is -0.511 e. The van der Waals surface area contributed by atoms with Crippen molar-refractivity contribution in [1.82, 2.24) is 0 Å². The van der Waals surface area contributed by atoms with Gasteiger partial charge in [-0.2, -0.15) is 0 Å². The van der Waals surface area contributed by atoms with Crippen molar-refractivity contribution in [3.63, 3.8) is 0 Å². The van der Waals surface area contributed by atoms with Gasteiger partial charge in [0.05, 0.1) is 5.57 Å². The number of aryl methyl sites for hydroxylation is 3. The zero-order valence-corrected chi connectivity index (χ0v) is 14.4. The van der Waals surface area contributed by atoms with Gasteiger partial charge in [0.15, 0.2) is 5.78 Å². The molecule has 1 N–H and O–H groups in total. The Kier molecular flexibility index (Phi) is 3.40. The Balaban J connectivity index is 1.90. The first-order valence-corrected chi connectivity index (χ1v) is 9.16. The van der Waals surface area contributed by atoms with Gasteiger partial charge in [0.1, 0.15) is 5.76 Å². The number of carbonyl (C=O) groups excluding carboxylic acids is 1. The molecule has 3 aliphatic carbocycles. The van der Waals surface area contributed by atoms with E-state index in [-0.39, 0.29) is 17.6 Å². The first-order valence-electron chi connectivity index (χ1n) is 9.16. The number of aliphatic hydroxyl groups excluding tert-OH is 1. The highest BCUT2D eigenvalue weighted by atomic mass is 16.3. The summed E-state index contributed by atoms with van der Waals surface area (Å²) in [6.07, 6.45) is 5.30. The molecule has 0 spiro atoms. The van der Waals surface area contributed by atoms with Crippen LogP contribution in [0.3, 0.4) is 0 Å². The molecule has 0 saturated heterocycles. The molecule has 0 heterocycles. The highest BCUT2D eigenvalue weighted by molar-refractivity contribution is 6.25. The van der Waals surface area contributed by atoms with Crippen molar-refractivity contribution < 1.29 is 9.90 Å². The van der Waals surface area contributed by atoms with Crippen LogP contribution in [-0.4, -0.2) is 10.9 Å². The van der Waals surface area contributed by atoms with Crippen LogP contribution in [0.4, 0.5) is 0 Å². The van der Waals surface area contributed by atoms with Crippen molar-refractivity contribution in [2.24, 2.45) is 23.7 Å². The second-order valence-corrected chi connectivity index (χ2v) is 7.67. The fourth-order valence-corrected chi connectivity index (χ4v) is 5.59. The molecule has 2 heteroatoms. The molecule has 2 bridgehead atoms. The maximum Gasteiger partial charge on any atom is 0.170 e. The van der Waals surface area contributed by atoms with Crippen molar-refractivity contribution >= 4 is 11.4 Å². The SMILES string of the molecule is CCc1cc(C)cc(CC)c1C1=C(O)[C@H]2[C@H]3CC[C@H](C3)[C@H]2C1=O. The van der Waals surface area contributed by atoms with Crippen molar-refractivity contribution in [2.75, 3.05) is 0 Å². The van der Waals surface area contributed by atoms with Crippen LogP contribution in [0.15, 0.2) is 17.9 Å². The Morgan fingerprint density at radius 1 is 1.04 bits per heavy atom. The number of aliphatic hydroxyl groups is 1. The fraction of sp³-hybridized carbons (Fsp3) is 0.571. The lowest BCUT2D eigenvalue weighted by Crippen LogP contribution is -2.24. The second kappa shape index (κ2) is 5.22. The first kappa shape index (κ1) is 15.0. The summed E-state index contributed by atoms with van der Waals surface area (Å²) in [5.74, 6) is 1.88. The van der Waals surface area contributed by atoms with E-state index >= 15 is 0 Å². The Labute approximate surface area is 138 Å². The molecule has 2 nitrogen and oxygen atoms in total. The van der Waals surface area contributed by atoms with E-state index in [1.54, 1.807) is 0 Å². The van der Waals surface area contributed by atoms with E-state index in [1.807, 2.05) is 0 Å². The van der Waals surface area contributed by atoms with Crippen LogP contribution in [-0.2, 0) is 17.6 Å². The molecule has 122 valence electrons. The standard InChI is InChI=1S/C21H26O2/c1-4-12-8-11(3)9-13(5-2)16(12)19-20(22)17-14-6-7-15(10-14)18(17)21(19)23/h8-9,14-15,17-18,22H,4-7,10H2,1-3H3/t14-,15+,17-,18+/m0/s1. The molecule has 0 amide bonds. The summed E-state index contributed by atoms with van der Waals surface area (Å²) in [5.41, 5.74) is 5.39. The zero-order valence-electron chi connectivity index (χ0n) is 14.4. The molecular weight excluding hydrogens is 284 g/mol. The van der Waals surface area contributed by atoms with E-state index in [9.17, 15) is 9.90 Å². The molecule has 4 atom stereocenters. The van der Waals surface area contributed by atoms with Crippen molar-refractivity contribution in [3.8, 4) is 0 Å². The van der Waals surface area contributed by atoms with Crippen molar-refractivity contribution in [1.29, 1.82) is 0 Å². The van der Waals surface area contributed by atoms with Gasteiger partial charge in [-0.25, -0.2) is 0 Å². The molecule has 4 rings (SSSR count). The third-order valence-electron chi connectivity index (χ3n) is 6.50. The summed E-state index contributed by atoms with van der Waals surface area (Å²) in [7, 11) is 0. The number of hydrogen-bond donors (Lipinski definition) is 1. The van der Waals surface area contributed by atoms with Gasteiger partial charge in [0.25, 0.3) is 0 Å². The number of fused-ring (bicyclic) bond motifs is 5.